The van der Waals surface area contributed by atoms with E-state index in [0.29, 0.717) is 0 Å². The first-order chi connectivity index (χ1) is 9.93. The molecule has 4 nitrogen and oxygen atoms in total. The third kappa shape index (κ3) is 6.17. The number of carbonyl (C=O) groups is 1. The quantitative estimate of drug-likeness (QED) is 0.774. The molecule has 0 heterocycles. The number of nitrogens with one attached hydrogen (secondary N) is 1. The summed E-state index contributed by atoms with van der Waals surface area (Å²) in [7, 11) is 1.64. The molecule has 3 N–H and O–H groups in total. The van der Waals surface area contributed by atoms with E-state index in [4.69, 9.17) is 10.5 Å². The molecule has 0 saturated carbocycles. The zero-order valence-corrected chi connectivity index (χ0v) is 13.6. The molecule has 0 aliphatic rings. The molecular formula is C17H28N2O2. The number of methoxy groups -OCH3 is 1. The van der Waals surface area contributed by atoms with Gasteiger partial charge in [0, 0.05) is 12.0 Å². The molecule has 0 aromatic heterocycles. The molecule has 0 spiro atoms. The van der Waals surface area contributed by atoms with Crippen molar-refractivity contribution in [3.63, 3.8) is 0 Å². The molecule has 1 amide bonds. The summed E-state index contributed by atoms with van der Waals surface area (Å²) in [6, 6.07) is 7.97. The van der Waals surface area contributed by atoms with E-state index < -0.39 is 0 Å². The van der Waals surface area contributed by atoms with Gasteiger partial charge in [-0.25, -0.2) is 0 Å². The summed E-state index contributed by atoms with van der Waals surface area (Å²) < 4.78 is 5.13. The molecule has 2 unspecified atom stereocenters. The molecule has 0 bridgehead atoms. The van der Waals surface area contributed by atoms with Gasteiger partial charge in [0.2, 0.25) is 5.91 Å². The lowest BCUT2D eigenvalue weighted by Gasteiger charge is -2.18. The second-order valence-electron chi connectivity index (χ2n) is 5.81. The SMILES string of the molecule is COc1ccc([C@@H](C)NC(=O)C(C)CCCC(C)N)cc1. The molecule has 1 aromatic carbocycles. The molecule has 0 aliphatic carbocycles. The fourth-order valence-electron chi connectivity index (χ4n) is 2.21. The van der Waals surface area contributed by atoms with Crippen molar-refractivity contribution in [2.45, 2.75) is 52.1 Å². The van der Waals surface area contributed by atoms with Gasteiger partial charge < -0.3 is 15.8 Å². The van der Waals surface area contributed by atoms with Crippen molar-refractivity contribution in [3.05, 3.63) is 29.8 Å². The van der Waals surface area contributed by atoms with Gasteiger partial charge in [-0.2, -0.15) is 0 Å². The number of hydrogen-bond acceptors (Lipinski definition) is 3. The van der Waals surface area contributed by atoms with Crippen LogP contribution in [-0.4, -0.2) is 19.1 Å². The zero-order chi connectivity index (χ0) is 15.8. The Morgan fingerprint density at radius 1 is 1.19 bits per heavy atom. The highest BCUT2D eigenvalue weighted by Crippen LogP contribution is 2.18. The average molecular weight is 292 g/mol. The third-order valence-electron chi connectivity index (χ3n) is 3.72. The molecule has 0 saturated heterocycles. The van der Waals surface area contributed by atoms with Crippen LogP contribution in [0.25, 0.3) is 0 Å². The van der Waals surface area contributed by atoms with Crippen LogP contribution in [0.5, 0.6) is 5.75 Å². The predicted molar refractivity (Wildman–Crippen MR) is 86.2 cm³/mol. The maximum absolute atomic E-state index is 12.2. The fourth-order valence-corrected chi connectivity index (χ4v) is 2.21. The summed E-state index contributed by atoms with van der Waals surface area (Å²) in [6.45, 7) is 5.96. The first kappa shape index (κ1) is 17.5. The number of hydrogen-bond donors (Lipinski definition) is 2. The van der Waals surface area contributed by atoms with E-state index in [9.17, 15) is 4.79 Å². The van der Waals surface area contributed by atoms with Gasteiger partial charge in [0.25, 0.3) is 0 Å². The summed E-state index contributed by atoms with van der Waals surface area (Å²) in [6.07, 6.45) is 2.83. The summed E-state index contributed by atoms with van der Waals surface area (Å²) in [5.74, 6) is 0.939. The Balaban J connectivity index is 2.44. The molecule has 0 radical (unpaired) electrons. The number of rotatable bonds is 8. The van der Waals surface area contributed by atoms with Gasteiger partial charge in [-0.15, -0.1) is 0 Å². The van der Waals surface area contributed by atoms with Gasteiger partial charge in [-0.05, 0) is 44.4 Å². The molecule has 1 aromatic rings. The third-order valence-corrected chi connectivity index (χ3v) is 3.72. The Morgan fingerprint density at radius 3 is 2.33 bits per heavy atom. The number of ether oxygens (including phenoxy) is 1. The maximum Gasteiger partial charge on any atom is 0.223 e. The van der Waals surface area contributed by atoms with Crippen molar-refractivity contribution >= 4 is 5.91 Å². The van der Waals surface area contributed by atoms with Crippen molar-refractivity contribution in [1.29, 1.82) is 0 Å². The molecule has 3 atom stereocenters. The highest BCUT2D eigenvalue weighted by molar-refractivity contribution is 5.78. The Bertz CT molecular complexity index is 429. The highest BCUT2D eigenvalue weighted by atomic mass is 16.5. The average Bonchev–Trinajstić information content (AvgIpc) is 2.46. The summed E-state index contributed by atoms with van der Waals surface area (Å²) in [5.41, 5.74) is 6.80. The first-order valence-corrected chi connectivity index (χ1v) is 7.64. The molecule has 118 valence electrons. The molecule has 0 aliphatic heterocycles. The van der Waals surface area contributed by atoms with Gasteiger partial charge in [0.1, 0.15) is 5.75 Å². The fraction of sp³-hybridized carbons (Fsp3) is 0.588. The molecule has 1 rings (SSSR count). The van der Waals surface area contributed by atoms with Crippen molar-refractivity contribution < 1.29 is 9.53 Å². The minimum absolute atomic E-state index is 0.000659. The predicted octanol–water partition coefficient (Wildman–Crippen LogP) is 3.03. The van der Waals surface area contributed by atoms with Gasteiger partial charge >= 0.3 is 0 Å². The monoisotopic (exact) mass is 292 g/mol. The standard InChI is InChI=1S/C17H28N2O2/c1-12(6-5-7-13(2)18)17(20)19-14(3)15-8-10-16(21-4)11-9-15/h8-14H,5-7,18H2,1-4H3,(H,19,20)/t12?,13?,14-/m1/s1. The number of amides is 1. The van der Waals surface area contributed by atoms with Crippen molar-refractivity contribution in [3.8, 4) is 5.75 Å². The Morgan fingerprint density at radius 2 is 1.81 bits per heavy atom. The van der Waals surface area contributed by atoms with Crippen molar-refractivity contribution in [2.24, 2.45) is 11.7 Å². The Hall–Kier alpha value is -1.55. The van der Waals surface area contributed by atoms with Crippen LogP contribution in [0, 0.1) is 5.92 Å². The van der Waals surface area contributed by atoms with Crippen LogP contribution in [0.15, 0.2) is 24.3 Å². The lowest BCUT2D eigenvalue weighted by molar-refractivity contribution is -0.125. The lowest BCUT2D eigenvalue weighted by atomic mass is 10.0. The normalized spacial score (nSPS) is 15.1. The number of nitrogens with two attached hydrogens (primary N) is 1. The largest absolute Gasteiger partial charge is 0.497 e. The van der Waals surface area contributed by atoms with E-state index in [1.165, 1.54) is 0 Å². The van der Waals surface area contributed by atoms with E-state index in [1.54, 1.807) is 7.11 Å². The molecule has 0 fully saturated rings. The Labute approximate surface area is 128 Å². The lowest BCUT2D eigenvalue weighted by Crippen LogP contribution is -2.31. The van der Waals surface area contributed by atoms with Crippen LogP contribution >= 0.6 is 0 Å². The summed E-state index contributed by atoms with van der Waals surface area (Å²) >= 11 is 0. The van der Waals surface area contributed by atoms with Crippen molar-refractivity contribution in [2.75, 3.05) is 7.11 Å². The highest BCUT2D eigenvalue weighted by Gasteiger charge is 2.16. The van der Waals surface area contributed by atoms with Gasteiger partial charge in [0.05, 0.1) is 13.2 Å². The van der Waals surface area contributed by atoms with Crippen LogP contribution in [0.1, 0.15) is 51.6 Å². The van der Waals surface area contributed by atoms with Crippen LogP contribution in [0.2, 0.25) is 0 Å². The second-order valence-corrected chi connectivity index (χ2v) is 5.81. The van der Waals surface area contributed by atoms with Crippen LogP contribution in [0.4, 0.5) is 0 Å². The number of benzene rings is 1. The van der Waals surface area contributed by atoms with Crippen LogP contribution in [0.3, 0.4) is 0 Å². The second kappa shape index (κ2) is 8.67. The van der Waals surface area contributed by atoms with Crippen LogP contribution < -0.4 is 15.8 Å². The van der Waals surface area contributed by atoms with Gasteiger partial charge in [-0.3, -0.25) is 4.79 Å². The van der Waals surface area contributed by atoms with Gasteiger partial charge in [0.15, 0.2) is 0 Å². The zero-order valence-electron chi connectivity index (χ0n) is 13.6. The minimum Gasteiger partial charge on any atom is -0.497 e. The minimum atomic E-state index is -0.000659. The summed E-state index contributed by atoms with van der Waals surface area (Å²) in [4.78, 5) is 12.2. The summed E-state index contributed by atoms with van der Waals surface area (Å²) in [5, 5.41) is 3.06. The van der Waals surface area contributed by atoms with E-state index in [0.717, 1.165) is 30.6 Å². The maximum atomic E-state index is 12.2. The molecule has 4 heteroatoms. The number of carbonyl (C=O) groups excluding carboxylic acids is 1. The van der Waals surface area contributed by atoms with E-state index in [-0.39, 0.29) is 23.9 Å². The topological polar surface area (TPSA) is 64.3 Å². The van der Waals surface area contributed by atoms with Crippen LogP contribution in [-0.2, 0) is 4.79 Å². The van der Waals surface area contributed by atoms with E-state index in [1.807, 2.05) is 45.0 Å². The van der Waals surface area contributed by atoms with E-state index in [2.05, 4.69) is 5.32 Å². The molecular weight excluding hydrogens is 264 g/mol. The molecule has 21 heavy (non-hydrogen) atoms. The van der Waals surface area contributed by atoms with Gasteiger partial charge in [-0.1, -0.05) is 25.5 Å². The smallest absolute Gasteiger partial charge is 0.223 e. The van der Waals surface area contributed by atoms with E-state index >= 15 is 0 Å². The Kier molecular flexibility index (Phi) is 7.23. The van der Waals surface area contributed by atoms with Crippen molar-refractivity contribution in [1.82, 2.24) is 5.32 Å². The first-order valence-electron chi connectivity index (χ1n) is 7.64.